The maximum atomic E-state index is 13.2. The zero-order valence-electron chi connectivity index (χ0n) is 19.1. The number of pyridine rings is 1. The average Bonchev–Trinajstić information content (AvgIpc) is 3.33. The summed E-state index contributed by atoms with van der Waals surface area (Å²) in [5.74, 6) is 1.27. The molecular formula is C26H26ClN5O2. The van der Waals surface area contributed by atoms with E-state index in [1.165, 1.54) is 5.56 Å². The van der Waals surface area contributed by atoms with Crippen LogP contribution in [0.4, 0.5) is 0 Å². The Hall–Kier alpha value is -3.29. The number of nitrogens with zero attached hydrogens (tertiary/aromatic N) is 5. The van der Waals surface area contributed by atoms with E-state index in [2.05, 4.69) is 26.9 Å². The van der Waals surface area contributed by atoms with Gasteiger partial charge in [0, 0.05) is 54.8 Å². The zero-order chi connectivity index (χ0) is 23.5. The highest BCUT2D eigenvalue weighted by atomic mass is 35.5. The number of hydrogen-bond acceptors (Lipinski definition) is 6. The van der Waals surface area contributed by atoms with Crippen molar-refractivity contribution in [2.75, 3.05) is 32.7 Å². The van der Waals surface area contributed by atoms with Crippen LogP contribution in [-0.2, 0) is 6.42 Å². The first-order valence-electron chi connectivity index (χ1n) is 11.5. The molecule has 0 spiro atoms. The van der Waals surface area contributed by atoms with Crippen LogP contribution in [0, 0.1) is 6.92 Å². The van der Waals surface area contributed by atoms with Crippen molar-refractivity contribution in [2.45, 2.75) is 19.8 Å². The molecule has 0 radical (unpaired) electrons. The molecule has 34 heavy (non-hydrogen) atoms. The second-order valence-corrected chi connectivity index (χ2v) is 9.08. The van der Waals surface area contributed by atoms with Crippen LogP contribution in [-0.4, -0.2) is 63.6 Å². The number of hydrogen-bond donors (Lipinski definition) is 0. The molecule has 3 heterocycles. The van der Waals surface area contributed by atoms with E-state index in [-0.39, 0.29) is 5.91 Å². The summed E-state index contributed by atoms with van der Waals surface area (Å²) in [4.78, 5) is 26.4. The van der Waals surface area contributed by atoms with Gasteiger partial charge in [0.05, 0.1) is 11.1 Å². The predicted octanol–water partition coefficient (Wildman–Crippen LogP) is 4.64. The van der Waals surface area contributed by atoms with Gasteiger partial charge in [0.25, 0.3) is 5.91 Å². The molecule has 0 N–H and O–H groups in total. The Morgan fingerprint density at radius 3 is 2.68 bits per heavy atom. The minimum absolute atomic E-state index is 0.0136. The third kappa shape index (κ3) is 4.95. The monoisotopic (exact) mass is 475 g/mol. The number of aryl methyl sites for hydroxylation is 2. The molecule has 7 nitrogen and oxygen atoms in total. The van der Waals surface area contributed by atoms with Crippen molar-refractivity contribution < 1.29 is 9.32 Å². The lowest BCUT2D eigenvalue weighted by Gasteiger charge is -2.34. The van der Waals surface area contributed by atoms with Crippen LogP contribution in [0.3, 0.4) is 0 Å². The molecule has 1 saturated heterocycles. The molecule has 4 aromatic rings. The SMILES string of the molecule is Cc1ccc(-c2noc(CCCN3CCN(C(=O)c4cc(Cl)cc5cccnc45)CC3)n2)cc1. The minimum atomic E-state index is -0.0136. The van der Waals surface area contributed by atoms with Gasteiger partial charge >= 0.3 is 0 Å². The van der Waals surface area contributed by atoms with Gasteiger partial charge in [-0.25, -0.2) is 0 Å². The number of rotatable bonds is 6. The van der Waals surface area contributed by atoms with Crippen LogP contribution in [0.15, 0.2) is 59.3 Å². The summed E-state index contributed by atoms with van der Waals surface area (Å²) in [7, 11) is 0. The van der Waals surface area contributed by atoms with Gasteiger partial charge in [0.2, 0.25) is 11.7 Å². The quantitative estimate of drug-likeness (QED) is 0.404. The van der Waals surface area contributed by atoms with Gasteiger partial charge in [-0.05, 0) is 38.1 Å². The van der Waals surface area contributed by atoms with Gasteiger partial charge in [-0.15, -0.1) is 0 Å². The van der Waals surface area contributed by atoms with E-state index in [1.54, 1.807) is 12.3 Å². The van der Waals surface area contributed by atoms with E-state index in [0.29, 0.717) is 40.9 Å². The first-order chi connectivity index (χ1) is 16.6. The zero-order valence-corrected chi connectivity index (χ0v) is 19.8. The molecule has 0 saturated carbocycles. The van der Waals surface area contributed by atoms with Crippen LogP contribution >= 0.6 is 11.6 Å². The standard InChI is InChI=1S/C26H26ClN5O2/c1-18-6-8-19(9-7-18)25-29-23(34-30-25)5-3-11-31-12-14-32(15-13-31)26(33)22-17-21(27)16-20-4-2-10-28-24(20)22/h2,4,6-10,16-17H,3,5,11-15H2,1H3. The molecule has 1 aliphatic rings. The number of piperazine rings is 1. The van der Waals surface area contributed by atoms with Crippen LogP contribution in [0.1, 0.15) is 28.2 Å². The van der Waals surface area contributed by atoms with E-state index in [4.69, 9.17) is 16.1 Å². The average molecular weight is 476 g/mol. The van der Waals surface area contributed by atoms with Gasteiger partial charge in [-0.3, -0.25) is 14.7 Å². The van der Waals surface area contributed by atoms with Crippen molar-refractivity contribution in [1.82, 2.24) is 24.9 Å². The van der Waals surface area contributed by atoms with E-state index < -0.39 is 0 Å². The Morgan fingerprint density at radius 2 is 1.88 bits per heavy atom. The van der Waals surface area contributed by atoms with Gasteiger partial charge in [0.1, 0.15) is 0 Å². The highest BCUT2D eigenvalue weighted by Gasteiger charge is 2.24. The van der Waals surface area contributed by atoms with E-state index >= 15 is 0 Å². The smallest absolute Gasteiger partial charge is 0.256 e. The molecule has 0 aliphatic carbocycles. The summed E-state index contributed by atoms with van der Waals surface area (Å²) in [6, 6.07) is 15.4. The molecule has 1 amide bonds. The summed E-state index contributed by atoms with van der Waals surface area (Å²) in [6.45, 7) is 5.99. The molecule has 1 fully saturated rings. The summed E-state index contributed by atoms with van der Waals surface area (Å²) in [6.07, 6.45) is 3.36. The normalized spacial score (nSPS) is 14.6. The van der Waals surface area contributed by atoms with E-state index in [1.807, 2.05) is 47.4 Å². The molecule has 5 rings (SSSR count). The second-order valence-electron chi connectivity index (χ2n) is 8.64. The number of carbonyl (C=O) groups is 1. The largest absolute Gasteiger partial charge is 0.339 e. The Morgan fingerprint density at radius 1 is 1.09 bits per heavy atom. The van der Waals surface area contributed by atoms with Crippen molar-refractivity contribution in [2.24, 2.45) is 0 Å². The topological polar surface area (TPSA) is 75.4 Å². The summed E-state index contributed by atoms with van der Waals surface area (Å²) in [5.41, 5.74) is 3.43. The fraction of sp³-hybridized carbons (Fsp3) is 0.308. The highest BCUT2D eigenvalue weighted by Crippen LogP contribution is 2.24. The third-order valence-electron chi connectivity index (χ3n) is 6.20. The summed E-state index contributed by atoms with van der Waals surface area (Å²) in [5, 5.41) is 5.54. The van der Waals surface area contributed by atoms with Gasteiger partial charge < -0.3 is 9.42 Å². The third-order valence-corrected chi connectivity index (χ3v) is 6.42. The molecule has 8 heteroatoms. The van der Waals surface area contributed by atoms with Crippen LogP contribution in [0.5, 0.6) is 0 Å². The summed E-state index contributed by atoms with van der Waals surface area (Å²) < 4.78 is 5.43. The lowest BCUT2D eigenvalue weighted by Crippen LogP contribution is -2.49. The molecule has 2 aromatic carbocycles. The van der Waals surface area contributed by atoms with Gasteiger partial charge in [0.15, 0.2) is 0 Å². The number of benzene rings is 2. The number of amides is 1. The van der Waals surface area contributed by atoms with E-state index in [0.717, 1.165) is 43.4 Å². The summed E-state index contributed by atoms with van der Waals surface area (Å²) >= 11 is 6.26. The Bertz CT molecular complexity index is 1300. The van der Waals surface area contributed by atoms with Gasteiger partial charge in [-0.1, -0.05) is 52.7 Å². The van der Waals surface area contributed by atoms with Crippen molar-refractivity contribution in [3.05, 3.63) is 76.8 Å². The highest BCUT2D eigenvalue weighted by molar-refractivity contribution is 6.32. The minimum Gasteiger partial charge on any atom is -0.339 e. The first-order valence-corrected chi connectivity index (χ1v) is 11.9. The molecule has 0 atom stereocenters. The van der Waals surface area contributed by atoms with Gasteiger partial charge in [-0.2, -0.15) is 4.98 Å². The van der Waals surface area contributed by atoms with Crippen LogP contribution < -0.4 is 0 Å². The maximum absolute atomic E-state index is 13.2. The van der Waals surface area contributed by atoms with Crippen molar-refractivity contribution in [1.29, 1.82) is 0 Å². The first kappa shape index (κ1) is 22.5. The molecule has 174 valence electrons. The lowest BCUT2D eigenvalue weighted by molar-refractivity contribution is 0.0637. The van der Waals surface area contributed by atoms with Crippen LogP contribution in [0.2, 0.25) is 5.02 Å². The number of aromatic nitrogens is 3. The molecular weight excluding hydrogens is 450 g/mol. The van der Waals surface area contributed by atoms with Crippen LogP contribution in [0.25, 0.3) is 22.3 Å². The van der Waals surface area contributed by atoms with Crippen molar-refractivity contribution in [3.63, 3.8) is 0 Å². The second kappa shape index (κ2) is 9.91. The molecule has 0 unspecified atom stereocenters. The van der Waals surface area contributed by atoms with Crippen molar-refractivity contribution in [3.8, 4) is 11.4 Å². The number of halogens is 1. The molecule has 2 aromatic heterocycles. The lowest BCUT2D eigenvalue weighted by atomic mass is 10.1. The maximum Gasteiger partial charge on any atom is 0.256 e. The van der Waals surface area contributed by atoms with Crippen molar-refractivity contribution >= 4 is 28.4 Å². The fourth-order valence-corrected chi connectivity index (χ4v) is 4.52. The fourth-order valence-electron chi connectivity index (χ4n) is 4.29. The molecule has 1 aliphatic heterocycles. The molecule has 0 bridgehead atoms. The van der Waals surface area contributed by atoms with E-state index in [9.17, 15) is 4.79 Å². The predicted molar refractivity (Wildman–Crippen MR) is 132 cm³/mol. The Kier molecular flexibility index (Phi) is 6.56. The number of carbonyl (C=O) groups excluding carboxylic acids is 1. The Labute approximate surface area is 203 Å². The number of fused-ring (bicyclic) bond motifs is 1. The Balaban J connectivity index is 1.13.